The van der Waals surface area contributed by atoms with Gasteiger partial charge < -0.3 is 38.6 Å². The maximum Gasteiger partial charge on any atom is 0.323 e. The zero-order chi connectivity index (χ0) is 23.5. The van der Waals surface area contributed by atoms with Gasteiger partial charge in [-0.15, -0.1) is 0 Å². The third kappa shape index (κ3) is 4.68. The number of hydrogen-bond acceptors (Lipinski definition) is 11. The second-order valence-corrected chi connectivity index (χ2v) is 10.7. The van der Waals surface area contributed by atoms with Gasteiger partial charge in [0.15, 0.2) is 17.9 Å². The van der Waals surface area contributed by atoms with Crippen LogP contribution >= 0.6 is 0 Å². The summed E-state index contributed by atoms with van der Waals surface area (Å²) in [5, 5.41) is 3.38. The normalized spacial score (nSPS) is 36.1. The molecule has 5 fully saturated rings. The standard InChI is InChI=1S/C23H35N5O6/c1-22(2)31-15-14(30-18-17(16(15)32-22)33-23(3,4)34-18)12-29-21-26-19(24-13-8-9-13)25-20(27-21)28-10-6-5-7-11-28/h13-18H,5-12H2,1-4H3,(H,24,25,26,27)/t14-,15+,16+,17-,18-/m1/s1. The molecule has 11 nitrogen and oxygen atoms in total. The first-order valence-electron chi connectivity index (χ1n) is 12.5. The summed E-state index contributed by atoms with van der Waals surface area (Å²) in [5.41, 5.74) is 0. The van der Waals surface area contributed by atoms with Crippen molar-refractivity contribution in [1.82, 2.24) is 15.0 Å². The average Bonchev–Trinajstić information content (AvgIpc) is 3.45. The number of anilines is 2. The molecule has 34 heavy (non-hydrogen) atoms. The summed E-state index contributed by atoms with van der Waals surface area (Å²) in [6.07, 6.45) is 3.75. The Morgan fingerprint density at radius 3 is 2.35 bits per heavy atom. The van der Waals surface area contributed by atoms with E-state index in [0.29, 0.717) is 17.9 Å². The Morgan fingerprint density at radius 1 is 0.882 bits per heavy atom. The van der Waals surface area contributed by atoms with Gasteiger partial charge in [0.1, 0.15) is 31.0 Å². The van der Waals surface area contributed by atoms with Crippen LogP contribution in [0.25, 0.3) is 0 Å². The van der Waals surface area contributed by atoms with Gasteiger partial charge in [-0.3, -0.25) is 0 Å². The van der Waals surface area contributed by atoms with Crippen molar-refractivity contribution in [2.75, 3.05) is 29.9 Å². The van der Waals surface area contributed by atoms with Crippen molar-refractivity contribution in [3.05, 3.63) is 0 Å². The Bertz CT molecular complexity index is 906. The third-order valence-electron chi connectivity index (χ3n) is 6.78. The molecule has 1 saturated carbocycles. The SMILES string of the molecule is CC1(C)O[C@H]2[C@@H](O1)[C@@H](COc1nc(NC3CC3)nc(N3CCCCC3)n1)O[C@@H]1OC(C)(C)O[C@@H]12. The fourth-order valence-corrected chi connectivity index (χ4v) is 5.10. The van der Waals surface area contributed by atoms with E-state index in [1.807, 2.05) is 27.7 Å². The molecule has 4 aliphatic heterocycles. The molecule has 5 aliphatic rings. The molecule has 1 N–H and O–H groups in total. The molecule has 1 aromatic rings. The third-order valence-corrected chi connectivity index (χ3v) is 6.78. The first kappa shape index (κ1) is 22.7. The number of nitrogens with one attached hydrogen (secondary N) is 1. The molecule has 0 unspecified atom stereocenters. The highest BCUT2D eigenvalue weighted by atomic mass is 16.9. The lowest BCUT2D eigenvalue weighted by Crippen LogP contribution is -2.56. The second kappa shape index (κ2) is 8.41. The molecular weight excluding hydrogens is 442 g/mol. The predicted molar refractivity (Wildman–Crippen MR) is 121 cm³/mol. The van der Waals surface area contributed by atoms with E-state index in [0.717, 1.165) is 38.8 Å². The fourth-order valence-electron chi connectivity index (χ4n) is 5.10. The molecule has 1 aromatic heterocycles. The van der Waals surface area contributed by atoms with Gasteiger partial charge in [0.05, 0.1) is 0 Å². The molecule has 0 bridgehead atoms. The Balaban J connectivity index is 1.20. The number of nitrogens with zero attached hydrogens (tertiary/aromatic N) is 4. The first-order valence-corrected chi connectivity index (χ1v) is 12.5. The van der Waals surface area contributed by atoms with Gasteiger partial charge in [-0.05, 0) is 59.8 Å². The van der Waals surface area contributed by atoms with Crippen LogP contribution < -0.4 is 15.0 Å². The summed E-state index contributed by atoms with van der Waals surface area (Å²) in [7, 11) is 0. The van der Waals surface area contributed by atoms with Crippen molar-refractivity contribution < 1.29 is 28.4 Å². The summed E-state index contributed by atoms with van der Waals surface area (Å²) < 4.78 is 36.8. The van der Waals surface area contributed by atoms with Crippen LogP contribution in [0.4, 0.5) is 11.9 Å². The number of hydrogen-bond donors (Lipinski definition) is 1. The zero-order valence-corrected chi connectivity index (χ0v) is 20.4. The van der Waals surface area contributed by atoms with Gasteiger partial charge in [-0.1, -0.05) is 0 Å². The van der Waals surface area contributed by atoms with Crippen molar-refractivity contribution in [3.63, 3.8) is 0 Å². The Labute approximate surface area is 199 Å². The van der Waals surface area contributed by atoms with Crippen molar-refractivity contribution in [2.24, 2.45) is 0 Å². The Kier molecular flexibility index (Phi) is 5.60. The van der Waals surface area contributed by atoms with Crippen molar-refractivity contribution in [1.29, 1.82) is 0 Å². The summed E-state index contributed by atoms with van der Waals surface area (Å²) in [5.74, 6) is -0.289. The second-order valence-electron chi connectivity index (χ2n) is 10.7. The van der Waals surface area contributed by atoms with Crippen LogP contribution in [0, 0.1) is 0 Å². The highest BCUT2D eigenvalue weighted by Gasteiger charge is 2.60. The van der Waals surface area contributed by atoms with Gasteiger partial charge in [-0.2, -0.15) is 15.0 Å². The van der Waals surface area contributed by atoms with Gasteiger partial charge >= 0.3 is 6.01 Å². The lowest BCUT2D eigenvalue weighted by molar-refractivity contribution is -0.238. The van der Waals surface area contributed by atoms with Crippen LogP contribution in [0.1, 0.15) is 59.8 Å². The maximum absolute atomic E-state index is 6.25. The molecule has 6 rings (SSSR count). The van der Waals surface area contributed by atoms with E-state index < -0.39 is 24.0 Å². The minimum Gasteiger partial charge on any atom is -0.460 e. The summed E-state index contributed by atoms with van der Waals surface area (Å²) >= 11 is 0. The fraction of sp³-hybridized carbons (Fsp3) is 0.870. The first-order chi connectivity index (χ1) is 16.2. The predicted octanol–water partition coefficient (Wildman–Crippen LogP) is 2.21. The highest BCUT2D eigenvalue weighted by Crippen LogP contribution is 2.44. The smallest absolute Gasteiger partial charge is 0.323 e. The minimum absolute atomic E-state index is 0.194. The molecule has 1 aliphatic carbocycles. The van der Waals surface area contributed by atoms with E-state index in [-0.39, 0.29) is 30.9 Å². The van der Waals surface area contributed by atoms with E-state index in [2.05, 4.69) is 25.2 Å². The summed E-state index contributed by atoms with van der Waals surface area (Å²) in [6.45, 7) is 9.61. The molecule has 0 amide bonds. The number of aromatic nitrogens is 3. The van der Waals surface area contributed by atoms with E-state index in [4.69, 9.17) is 28.4 Å². The van der Waals surface area contributed by atoms with E-state index in [9.17, 15) is 0 Å². The maximum atomic E-state index is 6.25. The van der Waals surface area contributed by atoms with Crippen molar-refractivity contribution >= 4 is 11.9 Å². The number of fused-ring (bicyclic) bond motifs is 3. The molecule has 0 aromatic carbocycles. The lowest BCUT2D eigenvalue weighted by atomic mass is 9.99. The van der Waals surface area contributed by atoms with Gasteiger partial charge in [0.25, 0.3) is 0 Å². The number of rotatable bonds is 6. The van der Waals surface area contributed by atoms with E-state index in [1.165, 1.54) is 6.42 Å². The molecule has 0 radical (unpaired) electrons. The van der Waals surface area contributed by atoms with E-state index in [1.54, 1.807) is 0 Å². The lowest BCUT2D eigenvalue weighted by Gasteiger charge is -2.36. The monoisotopic (exact) mass is 477 g/mol. The average molecular weight is 478 g/mol. The van der Waals surface area contributed by atoms with Crippen LogP contribution in [-0.2, 0) is 23.7 Å². The minimum atomic E-state index is -0.757. The highest BCUT2D eigenvalue weighted by molar-refractivity contribution is 5.40. The van der Waals surface area contributed by atoms with Crippen LogP contribution in [0.15, 0.2) is 0 Å². The molecule has 5 atom stereocenters. The zero-order valence-electron chi connectivity index (χ0n) is 20.4. The summed E-state index contributed by atoms with van der Waals surface area (Å²) in [6, 6.07) is 0.709. The van der Waals surface area contributed by atoms with Gasteiger partial charge in [0, 0.05) is 19.1 Å². The quantitative estimate of drug-likeness (QED) is 0.651. The van der Waals surface area contributed by atoms with Gasteiger partial charge in [0.2, 0.25) is 11.9 Å². The number of piperidine rings is 1. The van der Waals surface area contributed by atoms with Crippen molar-refractivity contribution in [2.45, 2.75) is 108 Å². The molecule has 0 spiro atoms. The van der Waals surface area contributed by atoms with Crippen LogP contribution in [0.2, 0.25) is 0 Å². The number of ether oxygens (including phenoxy) is 6. The molecule has 188 valence electrons. The van der Waals surface area contributed by atoms with Crippen molar-refractivity contribution in [3.8, 4) is 6.01 Å². The molecule has 5 heterocycles. The van der Waals surface area contributed by atoms with Crippen LogP contribution in [0.3, 0.4) is 0 Å². The Morgan fingerprint density at radius 2 is 1.59 bits per heavy atom. The molecular formula is C23H35N5O6. The van der Waals surface area contributed by atoms with Crippen LogP contribution in [-0.4, -0.2) is 83.0 Å². The molecule has 11 heteroatoms. The van der Waals surface area contributed by atoms with E-state index >= 15 is 0 Å². The van der Waals surface area contributed by atoms with Gasteiger partial charge in [-0.25, -0.2) is 0 Å². The Hall–Kier alpha value is -1.79. The topological polar surface area (TPSA) is 109 Å². The van der Waals surface area contributed by atoms with Crippen LogP contribution in [0.5, 0.6) is 6.01 Å². The molecule has 4 saturated heterocycles. The largest absolute Gasteiger partial charge is 0.460 e. The summed E-state index contributed by atoms with van der Waals surface area (Å²) in [4.78, 5) is 16.0.